The van der Waals surface area contributed by atoms with Crippen LogP contribution in [-0.2, 0) is 11.2 Å². The Kier molecular flexibility index (Phi) is 7.99. The second-order valence-corrected chi connectivity index (χ2v) is 9.46. The fourth-order valence-electron chi connectivity index (χ4n) is 4.16. The highest BCUT2D eigenvalue weighted by Crippen LogP contribution is 2.38. The summed E-state index contributed by atoms with van der Waals surface area (Å²) < 4.78 is 7.98. The number of nitrogens with zero attached hydrogens (tertiary/aromatic N) is 3. The Bertz CT molecular complexity index is 1230. The standard InChI is InChI=1S/C26H27BrClN3O2/c1-6-33-25(32)23-24(31(15(2)3)26(27)30-23)22(13-19-12-20(28)9-7-16(19)4)21-10-8-18(14-29)11-17(21)5/h7-12,15,22H,6,13H2,1-5H3. The van der Waals surface area contributed by atoms with Gasteiger partial charge in [0, 0.05) is 17.0 Å². The van der Waals surface area contributed by atoms with Crippen molar-refractivity contribution < 1.29 is 9.53 Å². The summed E-state index contributed by atoms with van der Waals surface area (Å²) >= 11 is 9.90. The Morgan fingerprint density at radius 3 is 2.55 bits per heavy atom. The molecule has 7 heteroatoms. The van der Waals surface area contributed by atoms with Crippen molar-refractivity contribution in [1.82, 2.24) is 9.55 Å². The van der Waals surface area contributed by atoms with Gasteiger partial charge < -0.3 is 9.30 Å². The van der Waals surface area contributed by atoms with Gasteiger partial charge in [0.1, 0.15) is 0 Å². The second kappa shape index (κ2) is 10.5. The van der Waals surface area contributed by atoms with Crippen LogP contribution in [0.1, 0.15) is 76.7 Å². The fraction of sp³-hybridized carbons (Fsp3) is 0.346. The average Bonchev–Trinajstić information content (AvgIpc) is 3.12. The minimum atomic E-state index is -0.452. The topological polar surface area (TPSA) is 67.9 Å². The molecule has 0 bridgehead atoms. The molecule has 0 aliphatic rings. The third-order valence-electron chi connectivity index (χ3n) is 5.73. The number of imidazole rings is 1. The van der Waals surface area contributed by atoms with Crippen molar-refractivity contribution in [3.05, 3.63) is 85.4 Å². The van der Waals surface area contributed by atoms with Crippen LogP contribution in [0, 0.1) is 25.2 Å². The summed E-state index contributed by atoms with van der Waals surface area (Å²) in [5, 5.41) is 10.0. The summed E-state index contributed by atoms with van der Waals surface area (Å²) in [7, 11) is 0. The number of aryl methyl sites for hydroxylation is 2. The Morgan fingerprint density at radius 1 is 1.21 bits per heavy atom. The maximum atomic E-state index is 13.0. The van der Waals surface area contributed by atoms with Gasteiger partial charge in [0.25, 0.3) is 0 Å². The number of carbonyl (C=O) groups excluding carboxylic acids is 1. The van der Waals surface area contributed by atoms with Gasteiger partial charge in [-0.15, -0.1) is 0 Å². The molecule has 2 aromatic carbocycles. The maximum absolute atomic E-state index is 13.0. The SMILES string of the molecule is CCOC(=O)c1nc(Br)n(C(C)C)c1C(Cc1cc(Cl)ccc1C)c1ccc(C#N)cc1C. The van der Waals surface area contributed by atoms with Crippen LogP contribution >= 0.6 is 27.5 Å². The molecule has 0 N–H and O–H groups in total. The average molecular weight is 529 g/mol. The zero-order valence-electron chi connectivity index (χ0n) is 19.4. The zero-order chi connectivity index (χ0) is 24.3. The lowest BCUT2D eigenvalue weighted by Crippen LogP contribution is -2.19. The van der Waals surface area contributed by atoms with E-state index in [0.29, 0.717) is 27.4 Å². The molecule has 1 unspecified atom stereocenters. The van der Waals surface area contributed by atoms with E-state index in [-0.39, 0.29) is 18.6 Å². The van der Waals surface area contributed by atoms with Crippen molar-refractivity contribution in [2.24, 2.45) is 0 Å². The van der Waals surface area contributed by atoms with Gasteiger partial charge in [0.2, 0.25) is 0 Å². The number of hydrogen-bond donors (Lipinski definition) is 0. The number of ether oxygens (including phenoxy) is 1. The van der Waals surface area contributed by atoms with E-state index in [0.717, 1.165) is 27.9 Å². The summed E-state index contributed by atoms with van der Waals surface area (Å²) in [4.78, 5) is 17.5. The van der Waals surface area contributed by atoms with E-state index >= 15 is 0 Å². The maximum Gasteiger partial charge on any atom is 0.358 e. The third-order valence-corrected chi connectivity index (χ3v) is 6.52. The Hall–Kier alpha value is -2.62. The second-order valence-electron chi connectivity index (χ2n) is 8.31. The summed E-state index contributed by atoms with van der Waals surface area (Å²) in [5.41, 5.74) is 5.86. The molecule has 3 rings (SSSR count). The lowest BCUT2D eigenvalue weighted by Gasteiger charge is -2.25. The fourth-order valence-corrected chi connectivity index (χ4v) is 5.13. The van der Waals surface area contributed by atoms with Gasteiger partial charge in [0.15, 0.2) is 10.4 Å². The highest BCUT2D eigenvalue weighted by molar-refractivity contribution is 9.10. The van der Waals surface area contributed by atoms with Crippen molar-refractivity contribution >= 4 is 33.5 Å². The van der Waals surface area contributed by atoms with Crippen LogP contribution < -0.4 is 0 Å². The molecule has 0 aliphatic carbocycles. The van der Waals surface area contributed by atoms with Crippen molar-refractivity contribution in [3.63, 3.8) is 0 Å². The van der Waals surface area contributed by atoms with E-state index in [2.05, 4.69) is 47.8 Å². The predicted molar refractivity (Wildman–Crippen MR) is 134 cm³/mol. The summed E-state index contributed by atoms with van der Waals surface area (Å²) in [6, 6.07) is 13.8. The van der Waals surface area contributed by atoms with Crippen LogP contribution in [0.3, 0.4) is 0 Å². The molecular formula is C26H27BrClN3O2. The van der Waals surface area contributed by atoms with E-state index in [1.807, 2.05) is 47.9 Å². The van der Waals surface area contributed by atoms with Gasteiger partial charge in [-0.3, -0.25) is 0 Å². The van der Waals surface area contributed by atoms with Gasteiger partial charge in [-0.05, 0) is 103 Å². The first-order valence-electron chi connectivity index (χ1n) is 10.9. The smallest absolute Gasteiger partial charge is 0.358 e. The highest BCUT2D eigenvalue weighted by atomic mass is 79.9. The molecule has 172 valence electrons. The molecule has 0 spiro atoms. The van der Waals surface area contributed by atoms with Gasteiger partial charge in [-0.1, -0.05) is 23.7 Å². The number of benzene rings is 2. The van der Waals surface area contributed by atoms with Crippen molar-refractivity contribution in [1.29, 1.82) is 5.26 Å². The first-order valence-corrected chi connectivity index (χ1v) is 12.0. The quantitative estimate of drug-likeness (QED) is 0.312. The van der Waals surface area contributed by atoms with Gasteiger partial charge in [-0.25, -0.2) is 9.78 Å². The molecule has 1 heterocycles. The van der Waals surface area contributed by atoms with Crippen molar-refractivity contribution in [2.45, 2.75) is 53.0 Å². The Labute approximate surface area is 208 Å². The first kappa shape index (κ1) is 25.0. The molecule has 5 nitrogen and oxygen atoms in total. The number of aromatic nitrogens is 2. The minimum absolute atomic E-state index is 0.0479. The largest absolute Gasteiger partial charge is 0.461 e. The zero-order valence-corrected chi connectivity index (χ0v) is 21.8. The highest BCUT2D eigenvalue weighted by Gasteiger charge is 2.32. The molecule has 0 radical (unpaired) electrons. The molecule has 33 heavy (non-hydrogen) atoms. The van der Waals surface area contributed by atoms with E-state index in [4.69, 9.17) is 16.3 Å². The van der Waals surface area contributed by atoms with E-state index in [9.17, 15) is 10.1 Å². The van der Waals surface area contributed by atoms with Crippen LogP contribution in [-0.4, -0.2) is 22.1 Å². The Balaban J connectivity index is 2.31. The summed E-state index contributed by atoms with van der Waals surface area (Å²) in [5.74, 6) is -0.665. The molecule has 0 saturated heterocycles. The number of rotatable bonds is 7. The van der Waals surface area contributed by atoms with Gasteiger partial charge in [-0.2, -0.15) is 5.26 Å². The Morgan fingerprint density at radius 2 is 1.94 bits per heavy atom. The lowest BCUT2D eigenvalue weighted by atomic mass is 9.84. The lowest BCUT2D eigenvalue weighted by molar-refractivity contribution is 0.0518. The number of nitriles is 1. The monoisotopic (exact) mass is 527 g/mol. The van der Waals surface area contributed by atoms with E-state index in [1.165, 1.54) is 0 Å². The van der Waals surface area contributed by atoms with Gasteiger partial charge >= 0.3 is 5.97 Å². The predicted octanol–water partition coefficient (Wildman–Crippen LogP) is 6.92. The first-order chi connectivity index (χ1) is 15.7. The van der Waals surface area contributed by atoms with Crippen molar-refractivity contribution in [3.8, 4) is 6.07 Å². The molecule has 0 fully saturated rings. The van der Waals surface area contributed by atoms with Crippen LogP contribution in [0.4, 0.5) is 0 Å². The van der Waals surface area contributed by atoms with E-state index in [1.54, 1.807) is 6.92 Å². The van der Waals surface area contributed by atoms with Crippen LogP contribution in [0.5, 0.6) is 0 Å². The molecule has 3 aromatic rings. The molecule has 0 aliphatic heterocycles. The van der Waals surface area contributed by atoms with Crippen LogP contribution in [0.25, 0.3) is 0 Å². The van der Waals surface area contributed by atoms with Crippen LogP contribution in [0.15, 0.2) is 41.1 Å². The number of carbonyl (C=O) groups is 1. The van der Waals surface area contributed by atoms with E-state index < -0.39 is 5.97 Å². The molecular weight excluding hydrogens is 502 g/mol. The number of halogens is 2. The van der Waals surface area contributed by atoms with Gasteiger partial charge in [0.05, 0.1) is 23.9 Å². The molecule has 1 aromatic heterocycles. The number of esters is 1. The van der Waals surface area contributed by atoms with Crippen molar-refractivity contribution in [2.75, 3.05) is 6.61 Å². The normalized spacial score (nSPS) is 12.0. The molecule has 1 atom stereocenters. The molecule has 0 amide bonds. The third kappa shape index (κ3) is 5.31. The number of hydrogen-bond acceptors (Lipinski definition) is 4. The van der Waals surface area contributed by atoms with Crippen LogP contribution in [0.2, 0.25) is 5.02 Å². The molecule has 0 saturated carbocycles. The summed E-state index contributed by atoms with van der Waals surface area (Å²) in [6.45, 7) is 10.2. The summed E-state index contributed by atoms with van der Waals surface area (Å²) in [6.07, 6.45) is 0.608. The minimum Gasteiger partial charge on any atom is -0.461 e.